The highest BCUT2D eigenvalue weighted by Gasteiger charge is 2.39. The first-order valence-corrected chi connectivity index (χ1v) is 16.5. The molecule has 3 fully saturated rings. The van der Waals surface area contributed by atoms with Crippen molar-refractivity contribution >= 4 is 17.3 Å². The molecule has 3 aliphatic rings. The molecule has 7 heteroatoms. The smallest absolute Gasteiger partial charge is 0.222 e. The van der Waals surface area contributed by atoms with Crippen molar-refractivity contribution in [1.82, 2.24) is 24.7 Å². The fourth-order valence-electron chi connectivity index (χ4n) is 7.56. The quantitative estimate of drug-likeness (QED) is 0.294. The van der Waals surface area contributed by atoms with Crippen LogP contribution in [0, 0.1) is 13.8 Å². The van der Waals surface area contributed by atoms with Crippen molar-refractivity contribution < 1.29 is 4.79 Å². The largest absolute Gasteiger partial charge is 0.371 e. The second-order valence-electron chi connectivity index (χ2n) is 13.3. The Morgan fingerprint density at radius 2 is 1.57 bits per heavy atom. The zero-order valence-electron chi connectivity index (χ0n) is 26.8. The molecule has 4 heterocycles. The van der Waals surface area contributed by atoms with Gasteiger partial charge in [-0.05, 0) is 76.1 Å². The van der Waals surface area contributed by atoms with E-state index in [1.54, 1.807) is 6.33 Å². The van der Waals surface area contributed by atoms with Crippen molar-refractivity contribution in [2.75, 3.05) is 37.6 Å². The Morgan fingerprint density at radius 3 is 2.18 bits per heavy atom. The molecule has 1 aromatic heterocycles. The SMILES string of the molecule is C=C(c1c(C)ncnc1C)N1CCC(C)(N2CCC(N(Cc3ccccc3)c3ccc(CN4CCCC4=O)cc3)CC2)CC1. The van der Waals surface area contributed by atoms with Crippen molar-refractivity contribution in [1.29, 1.82) is 0 Å². The van der Waals surface area contributed by atoms with Crippen LogP contribution in [0.4, 0.5) is 5.69 Å². The van der Waals surface area contributed by atoms with E-state index in [2.05, 4.69) is 107 Å². The molecule has 0 N–H and O–H groups in total. The van der Waals surface area contributed by atoms with Gasteiger partial charge in [-0.2, -0.15) is 0 Å². The maximum Gasteiger partial charge on any atom is 0.222 e. The number of carbonyl (C=O) groups excluding carboxylic acids is 1. The average Bonchev–Trinajstić information content (AvgIpc) is 3.45. The van der Waals surface area contributed by atoms with Crippen LogP contribution in [0.3, 0.4) is 0 Å². The molecular formula is C37H48N6O. The third-order valence-electron chi connectivity index (χ3n) is 10.4. The van der Waals surface area contributed by atoms with E-state index in [0.717, 1.165) is 101 Å². The van der Waals surface area contributed by atoms with Crippen LogP contribution in [-0.2, 0) is 17.9 Å². The standard InChI is InChI=1S/C37H48N6O/c1-28-36(29(2)39-27-38-28)30(3)40-23-18-37(4,19-24-40)42-21-16-34(17-22-42)43(26-31-9-6-5-7-10-31)33-14-12-32(13-15-33)25-41-20-8-11-35(41)44/h5-7,9-10,12-15,27,34H,3,8,11,16-26H2,1-2,4H3. The fraction of sp³-hybridized carbons (Fsp3) is 0.486. The Hall–Kier alpha value is -3.71. The number of nitrogens with zero attached hydrogens (tertiary/aromatic N) is 6. The highest BCUT2D eigenvalue weighted by atomic mass is 16.2. The topological polar surface area (TPSA) is 55.8 Å². The van der Waals surface area contributed by atoms with Crippen molar-refractivity contribution in [3.8, 4) is 0 Å². The number of piperidine rings is 2. The van der Waals surface area contributed by atoms with E-state index in [1.807, 2.05) is 4.90 Å². The van der Waals surface area contributed by atoms with Gasteiger partial charge in [-0.25, -0.2) is 9.97 Å². The Bertz CT molecular complexity index is 1420. The molecule has 0 atom stereocenters. The summed E-state index contributed by atoms with van der Waals surface area (Å²) < 4.78 is 0. The van der Waals surface area contributed by atoms with Crippen molar-refractivity contribution in [3.05, 3.63) is 95.6 Å². The summed E-state index contributed by atoms with van der Waals surface area (Å²) in [5.41, 5.74) is 8.23. The number of hydrogen-bond donors (Lipinski definition) is 0. The van der Waals surface area contributed by atoms with Gasteiger partial charge in [-0.3, -0.25) is 9.69 Å². The van der Waals surface area contributed by atoms with Gasteiger partial charge in [0.05, 0.1) is 11.4 Å². The molecule has 7 nitrogen and oxygen atoms in total. The van der Waals surface area contributed by atoms with Crippen LogP contribution in [-0.4, -0.2) is 74.9 Å². The minimum absolute atomic E-state index is 0.206. The second kappa shape index (κ2) is 13.1. The molecule has 3 aliphatic heterocycles. The van der Waals surface area contributed by atoms with Crippen LogP contribution in [0.25, 0.3) is 5.70 Å². The van der Waals surface area contributed by atoms with Crippen LogP contribution >= 0.6 is 0 Å². The van der Waals surface area contributed by atoms with Gasteiger partial charge in [0, 0.05) is 80.8 Å². The lowest BCUT2D eigenvalue weighted by Crippen LogP contribution is -2.57. The monoisotopic (exact) mass is 592 g/mol. The number of hydrogen-bond acceptors (Lipinski definition) is 6. The molecule has 0 bridgehead atoms. The maximum atomic E-state index is 12.2. The molecule has 0 saturated carbocycles. The third kappa shape index (κ3) is 6.53. The molecule has 0 spiro atoms. The zero-order valence-corrected chi connectivity index (χ0v) is 26.8. The van der Waals surface area contributed by atoms with Crippen LogP contribution in [0.2, 0.25) is 0 Å². The first-order valence-electron chi connectivity index (χ1n) is 16.5. The summed E-state index contributed by atoms with van der Waals surface area (Å²) in [6, 6.07) is 20.3. The van der Waals surface area contributed by atoms with E-state index in [0.29, 0.717) is 12.5 Å². The molecule has 0 aliphatic carbocycles. The van der Waals surface area contributed by atoms with Gasteiger partial charge in [0.1, 0.15) is 6.33 Å². The Balaban J connectivity index is 1.10. The van der Waals surface area contributed by atoms with Gasteiger partial charge >= 0.3 is 0 Å². The van der Waals surface area contributed by atoms with Crippen LogP contribution < -0.4 is 4.90 Å². The van der Waals surface area contributed by atoms with Gasteiger partial charge in [0.2, 0.25) is 5.91 Å². The van der Waals surface area contributed by atoms with Crippen LogP contribution in [0.15, 0.2) is 67.5 Å². The number of likely N-dealkylation sites (tertiary alicyclic amines) is 3. The van der Waals surface area contributed by atoms with E-state index < -0.39 is 0 Å². The highest BCUT2D eigenvalue weighted by molar-refractivity contribution is 5.78. The number of benzene rings is 2. The average molecular weight is 593 g/mol. The van der Waals surface area contributed by atoms with Gasteiger partial charge in [0.15, 0.2) is 0 Å². The molecule has 1 amide bonds. The summed E-state index contributed by atoms with van der Waals surface area (Å²) in [4.78, 5) is 30.8. The van der Waals surface area contributed by atoms with E-state index in [1.165, 1.54) is 16.8 Å². The summed E-state index contributed by atoms with van der Waals surface area (Å²) in [5, 5.41) is 0. The van der Waals surface area contributed by atoms with E-state index in [9.17, 15) is 4.79 Å². The molecule has 0 unspecified atom stereocenters. The minimum Gasteiger partial charge on any atom is -0.371 e. The normalized spacial score (nSPS) is 19.4. The maximum absolute atomic E-state index is 12.2. The molecule has 232 valence electrons. The van der Waals surface area contributed by atoms with Gasteiger partial charge in [-0.15, -0.1) is 0 Å². The van der Waals surface area contributed by atoms with Crippen molar-refractivity contribution in [2.45, 2.75) is 84.0 Å². The summed E-state index contributed by atoms with van der Waals surface area (Å²) >= 11 is 0. The zero-order chi connectivity index (χ0) is 30.7. The van der Waals surface area contributed by atoms with Gasteiger partial charge in [-0.1, -0.05) is 49.0 Å². The van der Waals surface area contributed by atoms with Gasteiger partial charge in [0.25, 0.3) is 0 Å². The lowest BCUT2D eigenvalue weighted by Gasteiger charge is -2.51. The van der Waals surface area contributed by atoms with Crippen molar-refractivity contribution in [3.63, 3.8) is 0 Å². The summed E-state index contributed by atoms with van der Waals surface area (Å²) in [5.74, 6) is 0.284. The van der Waals surface area contributed by atoms with E-state index >= 15 is 0 Å². The lowest BCUT2D eigenvalue weighted by molar-refractivity contribution is -0.128. The number of aryl methyl sites for hydroxylation is 2. The van der Waals surface area contributed by atoms with Crippen LogP contribution in [0.5, 0.6) is 0 Å². The Labute approximate surface area is 263 Å². The molecule has 44 heavy (non-hydrogen) atoms. The van der Waals surface area contributed by atoms with Crippen molar-refractivity contribution in [2.24, 2.45) is 0 Å². The first kappa shape index (κ1) is 30.3. The minimum atomic E-state index is 0.206. The predicted molar refractivity (Wildman–Crippen MR) is 178 cm³/mol. The number of anilines is 1. The number of amides is 1. The Kier molecular flexibility index (Phi) is 9.03. The molecular weight excluding hydrogens is 544 g/mol. The molecule has 2 aromatic carbocycles. The first-order chi connectivity index (χ1) is 21.3. The number of aromatic nitrogens is 2. The molecule has 3 aromatic rings. The summed E-state index contributed by atoms with van der Waals surface area (Å²) in [6.07, 6.45) is 7.90. The number of rotatable bonds is 9. The van der Waals surface area contributed by atoms with E-state index in [-0.39, 0.29) is 11.4 Å². The summed E-state index contributed by atoms with van der Waals surface area (Å²) in [7, 11) is 0. The lowest BCUT2D eigenvalue weighted by atomic mass is 9.85. The van der Waals surface area contributed by atoms with E-state index in [4.69, 9.17) is 0 Å². The number of carbonyl (C=O) groups is 1. The highest BCUT2D eigenvalue weighted by Crippen LogP contribution is 2.36. The second-order valence-corrected chi connectivity index (χ2v) is 13.3. The fourth-order valence-corrected chi connectivity index (χ4v) is 7.56. The third-order valence-corrected chi connectivity index (χ3v) is 10.4. The predicted octanol–water partition coefficient (Wildman–Crippen LogP) is 6.21. The molecule has 3 saturated heterocycles. The summed E-state index contributed by atoms with van der Waals surface area (Å²) in [6.45, 7) is 17.8. The van der Waals surface area contributed by atoms with Crippen LogP contribution in [0.1, 0.15) is 73.5 Å². The molecule has 0 radical (unpaired) electrons. The Morgan fingerprint density at radius 1 is 0.909 bits per heavy atom. The molecule has 6 rings (SSSR count). The van der Waals surface area contributed by atoms with Gasteiger partial charge < -0.3 is 14.7 Å².